The van der Waals surface area contributed by atoms with Gasteiger partial charge in [0.05, 0.1) is 21.7 Å². The minimum Gasteiger partial charge on any atom is -0.278 e. The van der Waals surface area contributed by atoms with Crippen molar-refractivity contribution in [1.29, 1.82) is 0 Å². The minimum absolute atomic E-state index is 0.216. The quantitative estimate of drug-likeness (QED) is 0.689. The van der Waals surface area contributed by atoms with Crippen LogP contribution in [-0.4, -0.2) is 18.3 Å². The fraction of sp³-hybridized carbons (Fsp3) is 0.0833. The molecule has 0 aliphatic rings. The molecule has 0 unspecified atom stereocenters. The summed E-state index contributed by atoms with van der Waals surface area (Å²) >= 11 is 0. The lowest BCUT2D eigenvalue weighted by Crippen LogP contribution is -2.13. The molecule has 0 saturated carbocycles. The van der Waals surface area contributed by atoms with Crippen LogP contribution in [-0.2, 0) is 10.0 Å². The Bertz CT molecular complexity index is 808. The highest BCUT2D eigenvalue weighted by molar-refractivity contribution is 7.92. The summed E-state index contributed by atoms with van der Waals surface area (Å²) in [6.07, 6.45) is 2.84. The van der Waals surface area contributed by atoms with Crippen molar-refractivity contribution >= 4 is 21.4 Å². The van der Waals surface area contributed by atoms with E-state index in [2.05, 4.69) is 9.71 Å². The molecule has 0 aliphatic heterocycles. The Kier molecular flexibility index (Phi) is 3.85. The van der Waals surface area contributed by atoms with Gasteiger partial charge in [-0.05, 0) is 24.6 Å². The molecular weight excluding hydrogens is 301 g/mol. The summed E-state index contributed by atoms with van der Waals surface area (Å²) in [6.45, 7) is 1.73. The van der Waals surface area contributed by atoms with Crippen molar-refractivity contribution in [3.05, 3.63) is 58.2 Å². The smallest absolute Gasteiger partial charge is 0.278 e. The van der Waals surface area contributed by atoms with Crippen molar-refractivity contribution in [1.82, 2.24) is 4.98 Å². The van der Waals surface area contributed by atoms with Gasteiger partial charge < -0.3 is 0 Å². The van der Waals surface area contributed by atoms with E-state index in [4.69, 9.17) is 0 Å². The first-order chi connectivity index (χ1) is 9.79. The molecule has 0 atom stereocenters. The molecule has 2 rings (SSSR count). The van der Waals surface area contributed by atoms with E-state index in [0.717, 1.165) is 17.7 Å². The van der Waals surface area contributed by atoms with Crippen LogP contribution >= 0.6 is 0 Å². The van der Waals surface area contributed by atoms with E-state index < -0.39 is 31.3 Å². The van der Waals surface area contributed by atoms with Crippen molar-refractivity contribution in [2.45, 2.75) is 11.8 Å². The van der Waals surface area contributed by atoms with E-state index in [9.17, 15) is 22.9 Å². The van der Waals surface area contributed by atoms with Crippen LogP contribution in [0.4, 0.5) is 15.8 Å². The van der Waals surface area contributed by atoms with Gasteiger partial charge in [-0.15, -0.1) is 0 Å². The molecule has 1 heterocycles. The van der Waals surface area contributed by atoms with Crippen molar-refractivity contribution in [2.75, 3.05) is 4.72 Å². The van der Waals surface area contributed by atoms with Crippen molar-refractivity contribution in [3.8, 4) is 0 Å². The van der Waals surface area contributed by atoms with Gasteiger partial charge in [0.1, 0.15) is 0 Å². The lowest BCUT2D eigenvalue weighted by Gasteiger charge is -2.08. The number of rotatable bonds is 4. The topological polar surface area (TPSA) is 102 Å². The third-order valence-electron chi connectivity index (χ3n) is 2.55. The molecule has 110 valence electrons. The normalized spacial score (nSPS) is 11.1. The Morgan fingerprint density at radius 1 is 1.29 bits per heavy atom. The van der Waals surface area contributed by atoms with Crippen LogP contribution in [0, 0.1) is 22.9 Å². The molecule has 1 N–H and O–H groups in total. The number of pyridine rings is 1. The number of hydrogen-bond acceptors (Lipinski definition) is 5. The highest BCUT2D eigenvalue weighted by Gasteiger charge is 2.20. The van der Waals surface area contributed by atoms with Crippen LogP contribution < -0.4 is 4.72 Å². The first kappa shape index (κ1) is 14.9. The fourth-order valence-corrected chi connectivity index (χ4v) is 2.67. The van der Waals surface area contributed by atoms with Crippen LogP contribution in [0.25, 0.3) is 0 Å². The number of nitro groups is 1. The Balaban J connectivity index is 2.36. The number of nitrogens with one attached hydrogen (secondary N) is 1. The average Bonchev–Trinajstić information content (AvgIpc) is 2.37. The monoisotopic (exact) mass is 311 g/mol. The second kappa shape index (κ2) is 5.44. The molecule has 7 nitrogen and oxygen atoms in total. The van der Waals surface area contributed by atoms with Crippen LogP contribution in [0.1, 0.15) is 5.56 Å². The minimum atomic E-state index is -4.05. The van der Waals surface area contributed by atoms with Crippen molar-refractivity contribution in [2.24, 2.45) is 0 Å². The number of hydrogen-bond donors (Lipinski definition) is 1. The number of aromatic nitrogens is 1. The predicted octanol–water partition coefficient (Wildman–Crippen LogP) is 2.24. The largest absolute Gasteiger partial charge is 0.304 e. The number of nitro benzene ring substituents is 1. The van der Waals surface area contributed by atoms with E-state index in [-0.39, 0.29) is 5.69 Å². The molecule has 0 bridgehead atoms. The van der Waals surface area contributed by atoms with Gasteiger partial charge in [0, 0.05) is 18.3 Å². The zero-order chi connectivity index (χ0) is 15.6. The number of nitrogens with zero attached hydrogens (tertiary/aromatic N) is 2. The zero-order valence-electron chi connectivity index (χ0n) is 10.8. The Labute approximate surface area is 119 Å². The van der Waals surface area contributed by atoms with Crippen molar-refractivity contribution in [3.63, 3.8) is 0 Å². The maximum atomic E-state index is 13.5. The molecule has 1 aromatic carbocycles. The Morgan fingerprint density at radius 2 is 2.00 bits per heavy atom. The molecule has 0 saturated heterocycles. The lowest BCUT2D eigenvalue weighted by molar-refractivity contribution is -0.387. The summed E-state index contributed by atoms with van der Waals surface area (Å²) in [7, 11) is -4.05. The third-order valence-corrected chi connectivity index (χ3v) is 3.93. The van der Waals surface area contributed by atoms with E-state index in [1.807, 2.05) is 0 Å². The molecule has 0 aliphatic carbocycles. The molecule has 0 spiro atoms. The summed E-state index contributed by atoms with van der Waals surface area (Å²) in [4.78, 5) is 13.0. The van der Waals surface area contributed by atoms with Gasteiger partial charge in [-0.2, -0.15) is 4.39 Å². The van der Waals surface area contributed by atoms with Gasteiger partial charge >= 0.3 is 5.69 Å². The third kappa shape index (κ3) is 3.31. The van der Waals surface area contributed by atoms with Crippen LogP contribution in [0.3, 0.4) is 0 Å². The standard InChI is InChI=1S/C12H10FN3O4S/c1-8-4-9(7-14-6-8)15-21(19,20)10-2-3-12(16(17)18)11(13)5-10/h2-7,15H,1H3. The first-order valence-electron chi connectivity index (χ1n) is 5.68. The van der Waals surface area contributed by atoms with Gasteiger partial charge in [-0.25, -0.2) is 8.42 Å². The molecule has 2 aromatic rings. The molecular formula is C12H10FN3O4S. The van der Waals surface area contributed by atoms with E-state index >= 15 is 0 Å². The van der Waals surface area contributed by atoms with Crippen molar-refractivity contribution < 1.29 is 17.7 Å². The summed E-state index contributed by atoms with van der Waals surface area (Å²) in [6, 6.07) is 3.92. The highest BCUT2D eigenvalue weighted by Crippen LogP contribution is 2.22. The SMILES string of the molecule is Cc1cncc(NS(=O)(=O)c2ccc([N+](=O)[O-])c(F)c2)c1. The summed E-state index contributed by atoms with van der Waals surface area (Å²) in [5.41, 5.74) is 0.171. The second-order valence-electron chi connectivity index (χ2n) is 4.23. The van der Waals surface area contributed by atoms with Gasteiger partial charge in [0.2, 0.25) is 5.82 Å². The molecule has 0 radical (unpaired) electrons. The maximum Gasteiger partial charge on any atom is 0.304 e. The van der Waals surface area contributed by atoms with E-state index in [0.29, 0.717) is 6.07 Å². The number of anilines is 1. The maximum absolute atomic E-state index is 13.5. The molecule has 21 heavy (non-hydrogen) atoms. The van der Waals surface area contributed by atoms with Gasteiger partial charge in [0.15, 0.2) is 0 Å². The molecule has 0 amide bonds. The number of aryl methyl sites for hydroxylation is 1. The molecule has 0 fully saturated rings. The second-order valence-corrected chi connectivity index (χ2v) is 5.91. The molecule has 1 aromatic heterocycles. The first-order valence-corrected chi connectivity index (χ1v) is 7.16. The zero-order valence-corrected chi connectivity index (χ0v) is 11.6. The van der Waals surface area contributed by atoms with Gasteiger partial charge in [0.25, 0.3) is 10.0 Å². The average molecular weight is 311 g/mol. The lowest BCUT2D eigenvalue weighted by atomic mass is 10.3. The van der Waals surface area contributed by atoms with E-state index in [1.54, 1.807) is 19.2 Å². The fourth-order valence-electron chi connectivity index (χ4n) is 1.63. The van der Waals surface area contributed by atoms with Gasteiger partial charge in [-0.3, -0.25) is 19.8 Å². The summed E-state index contributed by atoms with van der Waals surface area (Å²) < 4.78 is 39.9. The number of benzene rings is 1. The Hall–Kier alpha value is -2.55. The van der Waals surface area contributed by atoms with Crippen LogP contribution in [0.15, 0.2) is 41.6 Å². The molecule has 9 heteroatoms. The van der Waals surface area contributed by atoms with Crippen LogP contribution in [0.5, 0.6) is 0 Å². The summed E-state index contributed by atoms with van der Waals surface area (Å²) in [5.74, 6) is -1.22. The van der Waals surface area contributed by atoms with Gasteiger partial charge in [-0.1, -0.05) is 0 Å². The Morgan fingerprint density at radius 3 is 2.57 bits per heavy atom. The predicted molar refractivity (Wildman–Crippen MR) is 72.8 cm³/mol. The van der Waals surface area contributed by atoms with Crippen LogP contribution in [0.2, 0.25) is 0 Å². The summed E-state index contributed by atoms with van der Waals surface area (Å²) in [5, 5.41) is 10.5. The number of sulfonamides is 1. The highest BCUT2D eigenvalue weighted by atomic mass is 32.2. The van der Waals surface area contributed by atoms with E-state index in [1.165, 1.54) is 6.20 Å². The number of halogens is 1.